The van der Waals surface area contributed by atoms with Crippen LogP contribution in [0, 0.1) is 0 Å². The normalized spacial score (nSPS) is 13.0. The lowest BCUT2D eigenvalue weighted by molar-refractivity contribution is -0.137. The van der Waals surface area contributed by atoms with Crippen molar-refractivity contribution in [3.05, 3.63) is 0 Å². The van der Waals surface area contributed by atoms with E-state index < -0.39 is 5.97 Å². The molecule has 0 spiro atoms. The van der Waals surface area contributed by atoms with Gasteiger partial charge in [-0.05, 0) is 25.7 Å². The maximum absolute atomic E-state index is 10.2. The number of halogens is 1. The molecule has 0 aromatic carbocycles. The van der Waals surface area contributed by atoms with E-state index in [1.165, 1.54) is 0 Å². The molecule has 0 aromatic rings. The van der Waals surface area contributed by atoms with Gasteiger partial charge in [0.15, 0.2) is 0 Å². The van der Waals surface area contributed by atoms with Gasteiger partial charge in [-0.1, -0.05) is 18.5 Å². The maximum Gasteiger partial charge on any atom is 0.303 e. The Hall–Kier alpha value is -0.810. The molecule has 1 unspecified atom stereocenters. The van der Waals surface area contributed by atoms with Gasteiger partial charge in [0.1, 0.15) is 0 Å². The zero-order valence-electron chi connectivity index (χ0n) is 9.56. The largest absolute Gasteiger partial charge is 0.481 e. The summed E-state index contributed by atoms with van der Waals surface area (Å²) in [5.41, 5.74) is 6.31. The number of hydrogen-bond acceptors (Lipinski definition) is 4. The minimum Gasteiger partial charge on any atom is -0.481 e. The van der Waals surface area contributed by atoms with Crippen LogP contribution in [0.2, 0.25) is 0 Å². The molecule has 0 heterocycles. The highest BCUT2D eigenvalue weighted by atomic mass is 35.5. The van der Waals surface area contributed by atoms with E-state index in [1.807, 2.05) is 6.92 Å². The van der Waals surface area contributed by atoms with E-state index in [-0.39, 0.29) is 24.9 Å². The summed E-state index contributed by atoms with van der Waals surface area (Å²) in [6, 6.07) is -0.186. The second kappa shape index (κ2) is 10.7. The van der Waals surface area contributed by atoms with Crippen molar-refractivity contribution >= 4 is 24.1 Å². The molecule has 0 saturated heterocycles. The summed E-state index contributed by atoms with van der Waals surface area (Å²) in [5, 5.41) is 20.3. The summed E-state index contributed by atoms with van der Waals surface area (Å²) in [6.07, 6.45) is 3.89. The summed E-state index contributed by atoms with van der Waals surface area (Å²) in [7, 11) is 0. The number of oxime groups is 1. The highest BCUT2D eigenvalue weighted by Crippen LogP contribution is 2.06. The predicted molar refractivity (Wildman–Crippen MR) is 65.5 cm³/mol. The number of unbranched alkanes of at least 4 members (excludes halogenated alkanes) is 2. The molecule has 0 bridgehead atoms. The summed E-state index contributed by atoms with van der Waals surface area (Å²) < 4.78 is 0. The number of hydrogen-bond donors (Lipinski definition) is 3. The molecule has 0 rings (SSSR count). The highest BCUT2D eigenvalue weighted by Gasteiger charge is 2.09. The standard InChI is InChI=1S/C10H20N2O3.ClH/c1-2-8(11)9(12-15)6-4-3-5-7-10(13)14;/h8,15H,2-7,11H2,1H3,(H,13,14);1H/b12-9+;. The van der Waals surface area contributed by atoms with E-state index in [0.717, 1.165) is 19.3 Å². The van der Waals surface area contributed by atoms with Crippen molar-refractivity contribution < 1.29 is 15.1 Å². The predicted octanol–water partition coefficient (Wildman–Crippen LogP) is 2.01. The Kier molecular flexibility index (Phi) is 11.8. The molecule has 0 fully saturated rings. The van der Waals surface area contributed by atoms with Crippen molar-refractivity contribution in [2.45, 2.75) is 51.5 Å². The molecular formula is C10H21ClN2O3. The van der Waals surface area contributed by atoms with Crippen LogP contribution in [0.4, 0.5) is 0 Å². The van der Waals surface area contributed by atoms with E-state index in [9.17, 15) is 4.79 Å². The van der Waals surface area contributed by atoms with E-state index in [4.69, 9.17) is 16.0 Å². The lowest BCUT2D eigenvalue weighted by atomic mass is 10.0. The van der Waals surface area contributed by atoms with E-state index >= 15 is 0 Å². The number of rotatable bonds is 8. The van der Waals surface area contributed by atoms with Gasteiger partial charge >= 0.3 is 5.97 Å². The average molecular weight is 253 g/mol. The van der Waals surface area contributed by atoms with Gasteiger partial charge in [-0.3, -0.25) is 4.79 Å². The van der Waals surface area contributed by atoms with Crippen molar-refractivity contribution in [1.29, 1.82) is 0 Å². The first kappa shape index (κ1) is 17.6. The van der Waals surface area contributed by atoms with Crippen LogP contribution in [-0.2, 0) is 4.79 Å². The quantitative estimate of drug-likeness (QED) is 0.266. The van der Waals surface area contributed by atoms with Crippen molar-refractivity contribution in [2.24, 2.45) is 10.9 Å². The summed E-state index contributed by atoms with van der Waals surface area (Å²) in [4.78, 5) is 10.2. The first-order chi connectivity index (χ1) is 7.11. The van der Waals surface area contributed by atoms with Crippen LogP contribution < -0.4 is 5.73 Å². The van der Waals surface area contributed by atoms with Gasteiger partial charge in [-0.25, -0.2) is 0 Å². The fourth-order valence-corrected chi connectivity index (χ4v) is 1.30. The lowest BCUT2D eigenvalue weighted by Gasteiger charge is -2.10. The van der Waals surface area contributed by atoms with Gasteiger partial charge in [0.2, 0.25) is 0 Å². The molecule has 1 atom stereocenters. The van der Waals surface area contributed by atoms with Gasteiger partial charge in [0, 0.05) is 12.5 Å². The minimum absolute atomic E-state index is 0. The molecule has 0 amide bonds. The third-order valence-corrected chi connectivity index (χ3v) is 2.32. The van der Waals surface area contributed by atoms with Crippen LogP contribution in [0.1, 0.15) is 45.4 Å². The average Bonchev–Trinajstić information content (AvgIpc) is 2.22. The van der Waals surface area contributed by atoms with Crippen LogP contribution in [0.25, 0.3) is 0 Å². The topological polar surface area (TPSA) is 95.9 Å². The number of nitrogens with zero attached hydrogens (tertiary/aromatic N) is 1. The van der Waals surface area contributed by atoms with Crippen LogP contribution >= 0.6 is 12.4 Å². The highest BCUT2D eigenvalue weighted by molar-refractivity contribution is 5.88. The number of carboxylic acids is 1. The third-order valence-electron chi connectivity index (χ3n) is 2.32. The number of carbonyl (C=O) groups is 1. The Morgan fingerprint density at radius 3 is 2.31 bits per heavy atom. The molecule has 0 aromatic heterocycles. The Morgan fingerprint density at radius 1 is 1.31 bits per heavy atom. The Labute approximate surface area is 102 Å². The van der Waals surface area contributed by atoms with Crippen LogP contribution in [0.15, 0.2) is 5.16 Å². The Balaban J connectivity index is 0. The molecule has 4 N–H and O–H groups in total. The molecule has 96 valence electrons. The molecular weight excluding hydrogens is 232 g/mol. The van der Waals surface area contributed by atoms with E-state index in [2.05, 4.69) is 5.16 Å². The van der Waals surface area contributed by atoms with Crippen LogP contribution in [0.3, 0.4) is 0 Å². The Morgan fingerprint density at radius 2 is 1.88 bits per heavy atom. The van der Waals surface area contributed by atoms with Gasteiger partial charge in [-0.2, -0.15) is 0 Å². The maximum atomic E-state index is 10.2. The zero-order chi connectivity index (χ0) is 11.7. The fraction of sp³-hybridized carbons (Fsp3) is 0.800. The molecule has 5 nitrogen and oxygen atoms in total. The van der Waals surface area contributed by atoms with Crippen molar-refractivity contribution in [2.75, 3.05) is 0 Å². The smallest absolute Gasteiger partial charge is 0.303 e. The van der Waals surface area contributed by atoms with Gasteiger partial charge < -0.3 is 16.0 Å². The molecule has 0 radical (unpaired) electrons. The molecule has 0 saturated carbocycles. The van der Waals surface area contributed by atoms with Gasteiger partial charge in [-0.15, -0.1) is 12.4 Å². The lowest BCUT2D eigenvalue weighted by Crippen LogP contribution is -2.29. The Bertz CT molecular complexity index is 222. The number of carboxylic acid groups (broad SMARTS) is 1. The van der Waals surface area contributed by atoms with Crippen LogP contribution in [-0.4, -0.2) is 28.0 Å². The van der Waals surface area contributed by atoms with Gasteiger partial charge in [0.25, 0.3) is 0 Å². The SMILES string of the molecule is CCC(N)/C(CCCCCC(=O)O)=N/O.Cl. The van der Waals surface area contributed by atoms with Crippen LogP contribution in [0.5, 0.6) is 0 Å². The summed E-state index contributed by atoms with van der Waals surface area (Å²) >= 11 is 0. The second-order valence-electron chi connectivity index (χ2n) is 3.56. The summed E-state index contributed by atoms with van der Waals surface area (Å²) in [5.74, 6) is -0.767. The first-order valence-corrected chi connectivity index (χ1v) is 5.30. The molecule has 0 aliphatic rings. The third kappa shape index (κ3) is 8.49. The van der Waals surface area contributed by atoms with E-state index in [0.29, 0.717) is 18.6 Å². The van der Waals surface area contributed by atoms with Crippen molar-refractivity contribution in [3.63, 3.8) is 0 Å². The molecule has 0 aliphatic heterocycles. The number of nitrogens with two attached hydrogens (primary N) is 1. The minimum atomic E-state index is -0.767. The summed E-state index contributed by atoms with van der Waals surface area (Å²) in [6.45, 7) is 1.93. The number of aliphatic carboxylic acids is 1. The monoisotopic (exact) mass is 252 g/mol. The molecule has 0 aliphatic carbocycles. The van der Waals surface area contributed by atoms with Gasteiger partial charge in [0.05, 0.1) is 5.71 Å². The van der Waals surface area contributed by atoms with Crippen molar-refractivity contribution in [1.82, 2.24) is 0 Å². The van der Waals surface area contributed by atoms with Crippen molar-refractivity contribution in [3.8, 4) is 0 Å². The fourth-order valence-electron chi connectivity index (χ4n) is 1.30. The first-order valence-electron chi connectivity index (χ1n) is 5.30. The molecule has 16 heavy (non-hydrogen) atoms. The molecule has 6 heteroatoms. The van der Waals surface area contributed by atoms with E-state index in [1.54, 1.807) is 0 Å². The second-order valence-corrected chi connectivity index (χ2v) is 3.56. The zero-order valence-corrected chi connectivity index (χ0v) is 10.4.